The standard InChI is InChI=1S/C9H14F3N3O2/c1-6(2-3-13)8-14-7(15-17-8)4-16-5-9(10,11)12/h6H,2-5,13H2,1H3. The third-order valence-electron chi connectivity index (χ3n) is 2.00. The van der Waals surface area contributed by atoms with Crippen LogP contribution < -0.4 is 5.73 Å². The van der Waals surface area contributed by atoms with Gasteiger partial charge < -0.3 is 15.0 Å². The number of halogens is 3. The molecule has 5 nitrogen and oxygen atoms in total. The van der Waals surface area contributed by atoms with Crippen LogP contribution in [-0.4, -0.2) is 29.5 Å². The molecule has 1 unspecified atom stereocenters. The van der Waals surface area contributed by atoms with Crippen molar-refractivity contribution >= 4 is 0 Å². The zero-order chi connectivity index (χ0) is 12.9. The molecule has 0 aliphatic rings. The van der Waals surface area contributed by atoms with Crippen molar-refractivity contribution in [3.63, 3.8) is 0 Å². The molecule has 8 heteroatoms. The third kappa shape index (κ3) is 5.14. The molecule has 0 amide bonds. The van der Waals surface area contributed by atoms with E-state index >= 15 is 0 Å². The smallest absolute Gasteiger partial charge is 0.364 e. The minimum absolute atomic E-state index is 0.0103. The average molecular weight is 253 g/mol. The largest absolute Gasteiger partial charge is 0.411 e. The van der Waals surface area contributed by atoms with E-state index in [1.54, 1.807) is 0 Å². The molecule has 0 saturated carbocycles. The van der Waals surface area contributed by atoms with E-state index in [9.17, 15) is 13.2 Å². The SMILES string of the molecule is CC(CCN)c1nc(COCC(F)(F)F)no1. The number of nitrogens with two attached hydrogens (primary N) is 1. The third-order valence-corrected chi connectivity index (χ3v) is 2.00. The van der Waals surface area contributed by atoms with Crippen LogP contribution in [0, 0.1) is 0 Å². The molecule has 0 aliphatic heterocycles. The number of hydrogen-bond donors (Lipinski definition) is 1. The summed E-state index contributed by atoms with van der Waals surface area (Å²) in [5.41, 5.74) is 5.36. The van der Waals surface area contributed by atoms with Crippen molar-refractivity contribution in [3.8, 4) is 0 Å². The normalized spacial score (nSPS) is 13.9. The van der Waals surface area contributed by atoms with E-state index in [1.807, 2.05) is 6.92 Å². The second-order valence-electron chi connectivity index (χ2n) is 3.64. The topological polar surface area (TPSA) is 74.2 Å². The number of hydrogen-bond acceptors (Lipinski definition) is 5. The van der Waals surface area contributed by atoms with Gasteiger partial charge in [-0.15, -0.1) is 0 Å². The van der Waals surface area contributed by atoms with E-state index in [1.165, 1.54) is 0 Å². The lowest BCUT2D eigenvalue weighted by molar-refractivity contribution is -0.177. The van der Waals surface area contributed by atoms with Gasteiger partial charge in [0, 0.05) is 5.92 Å². The Morgan fingerprint density at radius 3 is 2.76 bits per heavy atom. The molecule has 0 fully saturated rings. The molecule has 0 radical (unpaired) electrons. The van der Waals surface area contributed by atoms with Crippen molar-refractivity contribution in [2.75, 3.05) is 13.2 Å². The Labute approximate surface area is 96.1 Å². The monoisotopic (exact) mass is 253 g/mol. The molecule has 2 N–H and O–H groups in total. The Morgan fingerprint density at radius 2 is 2.18 bits per heavy atom. The molecule has 0 aliphatic carbocycles. The van der Waals surface area contributed by atoms with E-state index < -0.39 is 12.8 Å². The van der Waals surface area contributed by atoms with Crippen LogP contribution in [0.15, 0.2) is 4.52 Å². The highest BCUT2D eigenvalue weighted by molar-refractivity contribution is 4.91. The predicted octanol–water partition coefficient (Wildman–Crippen LogP) is 1.60. The fourth-order valence-corrected chi connectivity index (χ4v) is 1.16. The second kappa shape index (κ2) is 5.97. The number of alkyl halides is 3. The number of ether oxygens (including phenoxy) is 1. The Morgan fingerprint density at radius 1 is 1.47 bits per heavy atom. The zero-order valence-corrected chi connectivity index (χ0v) is 9.33. The van der Waals surface area contributed by atoms with Gasteiger partial charge in [-0.2, -0.15) is 18.2 Å². The first-order chi connectivity index (χ1) is 7.92. The van der Waals surface area contributed by atoms with Crippen LogP contribution in [0.4, 0.5) is 13.2 Å². The van der Waals surface area contributed by atoms with Crippen molar-refractivity contribution in [1.29, 1.82) is 0 Å². The summed E-state index contributed by atoms with van der Waals surface area (Å²) in [6, 6.07) is 0. The van der Waals surface area contributed by atoms with Crippen LogP contribution in [0.25, 0.3) is 0 Å². The van der Waals surface area contributed by atoms with E-state index in [4.69, 9.17) is 10.3 Å². The van der Waals surface area contributed by atoms with Gasteiger partial charge in [0.2, 0.25) is 5.89 Å². The van der Waals surface area contributed by atoms with Crippen molar-refractivity contribution in [2.24, 2.45) is 5.73 Å². The number of aromatic nitrogens is 2. The Bertz CT molecular complexity index is 340. The summed E-state index contributed by atoms with van der Waals surface area (Å²) in [5.74, 6) is 0.457. The van der Waals surface area contributed by atoms with Gasteiger partial charge in [-0.25, -0.2) is 0 Å². The quantitative estimate of drug-likeness (QED) is 0.833. The van der Waals surface area contributed by atoms with Crippen LogP contribution in [0.5, 0.6) is 0 Å². The van der Waals surface area contributed by atoms with Gasteiger partial charge in [-0.3, -0.25) is 0 Å². The first-order valence-corrected chi connectivity index (χ1v) is 5.09. The summed E-state index contributed by atoms with van der Waals surface area (Å²) in [7, 11) is 0. The Hall–Kier alpha value is -1.15. The zero-order valence-electron chi connectivity index (χ0n) is 9.33. The van der Waals surface area contributed by atoms with Crippen LogP contribution >= 0.6 is 0 Å². The van der Waals surface area contributed by atoms with E-state index in [0.717, 1.165) is 0 Å². The van der Waals surface area contributed by atoms with Gasteiger partial charge in [0.1, 0.15) is 13.2 Å². The van der Waals surface area contributed by atoms with Gasteiger partial charge in [0.25, 0.3) is 0 Å². The molecule has 0 spiro atoms. The minimum atomic E-state index is -4.35. The summed E-state index contributed by atoms with van der Waals surface area (Å²) in [6.07, 6.45) is -3.68. The van der Waals surface area contributed by atoms with E-state index in [2.05, 4.69) is 14.9 Å². The molecule has 1 aromatic rings. The molecule has 1 rings (SSSR count). The molecule has 98 valence electrons. The molecule has 17 heavy (non-hydrogen) atoms. The summed E-state index contributed by atoms with van der Waals surface area (Å²) >= 11 is 0. The minimum Gasteiger partial charge on any atom is -0.364 e. The molecular weight excluding hydrogens is 239 g/mol. The number of nitrogens with zero attached hydrogens (tertiary/aromatic N) is 2. The lowest BCUT2D eigenvalue weighted by Crippen LogP contribution is -2.17. The predicted molar refractivity (Wildman–Crippen MR) is 52.1 cm³/mol. The van der Waals surface area contributed by atoms with Crippen molar-refractivity contribution in [2.45, 2.75) is 32.0 Å². The van der Waals surface area contributed by atoms with Gasteiger partial charge >= 0.3 is 6.18 Å². The average Bonchev–Trinajstić information content (AvgIpc) is 2.65. The summed E-state index contributed by atoms with van der Waals surface area (Å²) in [4.78, 5) is 3.92. The summed E-state index contributed by atoms with van der Waals surface area (Å²) in [6.45, 7) is 0.678. The first-order valence-electron chi connectivity index (χ1n) is 5.09. The maximum absolute atomic E-state index is 11.8. The van der Waals surface area contributed by atoms with E-state index in [-0.39, 0.29) is 18.3 Å². The Balaban J connectivity index is 2.40. The van der Waals surface area contributed by atoms with Crippen molar-refractivity contribution in [1.82, 2.24) is 10.1 Å². The molecule has 1 heterocycles. The van der Waals surface area contributed by atoms with Crippen LogP contribution in [0.1, 0.15) is 31.0 Å². The van der Waals surface area contributed by atoms with E-state index in [0.29, 0.717) is 18.9 Å². The van der Waals surface area contributed by atoms with Gasteiger partial charge in [0.05, 0.1) is 0 Å². The molecule has 0 bridgehead atoms. The molecular formula is C9H14F3N3O2. The van der Waals surface area contributed by atoms with Crippen LogP contribution in [-0.2, 0) is 11.3 Å². The fourth-order valence-electron chi connectivity index (χ4n) is 1.16. The maximum Gasteiger partial charge on any atom is 0.411 e. The summed E-state index contributed by atoms with van der Waals surface area (Å²) in [5, 5.41) is 3.52. The highest BCUT2D eigenvalue weighted by Gasteiger charge is 2.27. The highest BCUT2D eigenvalue weighted by atomic mass is 19.4. The fraction of sp³-hybridized carbons (Fsp3) is 0.778. The maximum atomic E-state index is 11.8. The highest BCUT2D eigenvalue weighted by Crippen LogP contribution is 2.17. The molecule has 0 saturated heterocycles. The van der Waals surface area contributed by atoms with Gasteiger partial charge in [0.15, 0.2) is 5.82 Å². The lowest BCUT2D eigenvalue weighted by Gasteiger charge is -2.04. The van der Waals surface area contributed by atoms with Crippen LogP contribution in [0.2, 0.25) is 0 Å². The lowest BCUT2D eigenvalue weighted by atomic mass is 10.1. The van der Waals surface area contributed by atoms with Gasteiger partial charge in [-0.05, 0) is 13.0 Å². The molecule has 0 aromatic carbocycles. The molecule has 1 aromatic heterocycles. The second-order valence-corrected chi connectivity index (χ2v) is 3.64. The van der Waals surface area contributed by atoms with Crippen molar-refractivity contribution in [3.05, 3.63) is 11.7 Å². The first kappa shape index (κ1) is 13.9. The van der Waals surface area contributed by atoms with Crippen molar-refractivity contribution < 1.29 is 22.4 Å². The van der Waals surface area contributed by atoms with Crippen LogP contribution in [0.3, 0.4) is 0 Å². The van der Waals surface area contributed by atoms with Gasteiger partial charge in [-0.1, -0.05) is 12.1 Å². The molecule has 1 atom stereocenters. The summed E-state index contributed by atoms with van der Waals surface area (Å²) < 4.78 is 44.7. The number of rotatable bonds is 6. The Kier molecular flexibility index (Phi) is 4.88.